The van der Waals surface area contributed by atoms with Crippen LogP contribution < -0.4 is 14.9 Å². The van der Waals surface area contributed by atoms with Crippen molar-refractivity contribution in [2.45, 2.75) is 6.61 Å². The number of amides is 2. The topological polar surface area (TPSA) is 80.8 Å². The van der Waals surface area contributed by atoms with Crippen molar-refractivity contribution in [3.63, 3.8) is 0 Å². The number of halogens is 1. The van der Waals surface area contributed by atoms with Crippen molar-refractivity contribution in [3.05, 3.63) is 93.1 Å². The van der Waals surface area contributed by atoms with Crippen LogP contribution in [0.4, 0.5) is 0 Å². The predicted octanol–water partition coefficient (Wildman–Crippen LogP) is 4.98. The van der Waals surface area contributed by atoms with Gasteiger partial charge in [0.2, 0.25) is 0 Å². The number of carbonyl (C=O) groups is 2. The molecular formula is C24H18BrN3O4S2. The Morgan fingerprint density at radius 3 is 2.68 bits per heavy atom. The summed E-state index contributed by atoms with van der Waals surface area (Å²) < 4.78 is 12.3. The zero-order chi connectivity index (χ0) is 24.1. The van der Waals surface area contributed by atoms with E-state index < -0.39 is 11.8 Å². The van der Waals surface area contributed by atoms with Crippen LogP contribution >= 0.6 is 39.9 Å². The van der Waals surface area contributed by atoms with Crippen molar-refractivity contribution in [1.82, 2.24) is 15.4 Å². The van der Waals surface area contributed by atoms with Crippen LogP contribution in [-0.2, 0) is 11.4 Å². The zero-order valence-corrected chi connectivity index (χ0v) is 21.1. The minimum absolute atomic E-state index is 0.238. The van der Waals surface area contributed by atoms with Gasteiger partial charge in [0, 0.05) is 11.8 Å². The van der Waals surface area contributed by atoms with Crippen LogP contribution in [0.25, 0.3) is 6.08 Å². The molecule has 4 rings (SSSR count). The molecule has 0 atom stereocenters. The number of hydrogen-bond acceptors (Lipinski definition) is 7. The summed E-state index contributed by atoms with van der Waals surface area (Å²) in [6.07, 6.45) is 3.39. The van der Waals surface area contributed by atoms with E-state index in [2.05, 4.69) is 26.3 Å². The van der Waals surface area contributed by atoms with Crippen molar-refractivity contribution in [2.75, 3.05) is 7.11 Å². The zero-order valence-electron chi connectivity index (χ0n) is 17.9. The first kappa shape index (κ1) is 23.9. The van der Waals surface area contributed by atoms with E-state index in [-0.39, 0.29) is 10.9 Å². The Morgan fingerprint density at radius 1 is 1.21 bits per heavy atom. The highest BCUT2D eigenvalue weighted by molar-refractivity contribution is 9.10. The number of thioether (sulfide) groups is 1. The van der Waals surface area contributed by atoms with Gasteiger partial charge in [0.25, 0.3) is 11.8 Å². The van der Waals surface area contributed by atoms with E-state index in [9.17, 15) is 9.59 Å². The third-order valence-corrected chi connectivity index (χ3v) is 6.57. The second-order valence-corrected chi connectivity index (χ2v) is 9.50. The molecule has 172 valence electrons. The Balaban J connectivity index is 1.51. The molecule has 1 aliphatic rings. The third kappa shape index (κ3) is 5.46. The fourth-order valence-electron chi connectivity index (χ4n) is 3.06. The number of nitrogens with one attached hydrogen (secondary N) is 1. The molecule has 2 amide bonds. The third-order valence-electron chi connectivity index (χ3n) is 4.68. The van der Waals surface area contributed by atoms with Gasteiger partial charge in [-0.1, -0.05) is 36.0 Å². The summed E-state index contributed by atoms with van der Waals surface area (Å²) in [5.41, 5.74) is 4.47. The molecule has 1 aromatic heterocycles. The molecule has 2 heterocycles. The van der Waals surface area contributed by atoms with Gasteiger partial charge in [-0.05, 0) is 76.2 Å². The number of hydrazine groups is 1. The van der Waals surface area contributed by atoms with Crippen LogP contribution in [0, 0.1) is 0 Å². The molecule has 0 saturated carbocycles. The summed E-state index contributed by atoms with van der Waals surface area (Å²) in [4.78, 5) is 30.0. The molecular weight excluding hydrogens is 538 g/mol. The Labute approximate surface area is 214 Å². The summed E-state index contributed by atoms with van der Waals surface area (Å²) in [5, 5.41) is 1.08. The summed E-state index contributed by atoms with van der Waals surface area (Å²) >= 11 is 9.93. The molecule has 1 N–H and O–H groups in total. The molecule has 1 fully saturated rings. The fraction of sp³-hybridized carbons (Fsp3) is 0.0833. The maximum Gasteiger partial charge on any atom is 0.285 e. The normalized spacial score (nSPS) is 14.4. The van der Waals surface area contributed by atoms with Crippen molar-refractivity contribution in [2.24, 2.45) is 0 Å². The van der Waals surface area contributed by atoms with Gasteiger partial charge in [0.1, 0.15) is 6.61 Å². The molecule has 0 spiro atoms. The first-order valence-corrected chi connectivity index (χ1v) is 12.0. The van der Waals surface area contributed by atoms with Crippen molar-refractivity contribution >= 4 is 62.1 Å². The Bertz CT molecular complexity index is 1270. The van der Waals surface area contributed by atoms with Gasteiger partial charge in [-0.3, -0.25) is 20.0 Å². The summed E-state index contributed by atoms with van der Waals surface area (Å²) in [6, 6.07) is 17.8. The minimum Gasteiger partial charge on any atom is -0.493 e. The minimum atomic E-state index is -0.419. The number of benzene rings is 2. The fourth-order valence-corrected chi connectivity index (χ4v) is 4.82. The van der Waals surface area contributed by atoms with Gasteiger partial charge >= 0.3 is 0 Å². The molecule has 34 heavy (non-hydrogen) atoms. The Morgan fingerprint density at radius 2 is 1.97 bits per heavy atom. The lowest BCUT2D eigenvalue weighted by Gasteiger charge is -2.15. The maximum absolute atomic E-state index is 12.9. The van der Waals surface area contributed by atoms with E-state index >= 15 is 0 Å². The van der Waals surface area contributed by atoms with E-state index in [1.54, 1.807) is 48.7 Å². The van der Waals surface area contributed by atoms with Gasteiger partial charge in [0.15, 0.2) is 15.8 Å². The van der Waals surface area contributed by atoms with E-state index in [4.69, 9.17) is 21.7 Å². The molecule has 2 aromatic carbocycles. The molecule has 0 aliphatic carbocycles. The number of hydrogen-bond donors (Lipinski definition) is 1. The average molecular weight is 556 g/mol. The first-order valence-electron chi connectivity index (χ1n) is 10.0. The summed E-state index contributed by atoms with van der Waals surface area (Å²) in [5.74, 6) is 0.180. The SMILES string of the molecule is COc1cc(/C=C2/SC(=S)N(NC(=O)c3ccccc3)C2=O)cc(Br)c1OCc1ccccn1. The monoisotopic (exact) mass is 555 g/mol. The van der Waals surface area contributed by atoms with Gasteiger partial charge in [0.05, 0.1) is 22.2 Å². The molecule has 7 nitrogen and oxygen atoms in total. The molecule has 1 saturated heterocycles. The van der Waals surface area contributed by atoms with Crippen LogP contribution in [0.15, 0.2) is 76.2 Å². The molecule has 0 unspecified atom stereocenters. The number of pyridine rings is 1. The maximum atomic E-state index is 12.9. The van der Waals surface area contributed by atoms with Crippen molar-refractivity contribution in [3.8, 4) is 11.5 Å². The number of aromatic nitrogens is 1. The quantitative estimate of drug-likeness (QED) is 0.325. The van der Waals surface area contributed by atoms with Crippen LogP contribution in [-0.4, -0.2) is 33.2 Å². The second kappa shape index (κ2) is 10.8. The predicted molar refractivity (Wildman–Crippen MR) is 138 cm³/mol. The van der Waals surface area contributed by atoms with Gasteiger partial charge in [-0.15, -0.1) is 0 Å². The average Bonchev–Trinajstić information content (AvgIpc) is 3.11. The smallest absolute Gasteiger partial charge is 0.285 e. The van der Waals surface area contributed by atoms with Crippen LogP contribution in [0.2, 0.25) is 0 Å². The summed E-state index contributed by atoms with van der Waals surface area (Å²) in [6.45, 7) is 0.273. The van der Waals surface area contributed by atoms with Crippen molar-refractivity contribution in [1.29, 1.82) is 0 Å². The van der Waals surface area contributed by atoms with E-state index in [0.29, 0.717) is 32.0 Å². The number of methoxy groups -OCH3 is 1. The lowest BCUT2D eigenvalue weighted by molar-refractivity contribution is -0.123. The van der Waals surface area contributed by atoms with E-state index in [1.807, 2.05) is 24.3 Å². The molecule has 0 radical (unpaired) electrons. The highest BCUT2D eigenvalue weighted by Crippen LogP contribution is 2.39. The summed E-state index contributed by atoms with van der Waals surface area (Å²) in [7, 11) is 1.54. The Hall–Kier alpha value is -3.21. The number of carbonyl (C=O) groups excluding carboxylic acids is 2. The molecule has 1 aliphatic heterocycles. The van der Waals surface area contributed by atoms with E-state index in [0.717, 1.165) is 22.5 Å². The highest BCUT2D eigenvalue weighted by Gasteiger charge is 2.34. The molecule has 10 heteroatoms. The highest BCUT2D eigenvalue weighted by atomic mass is 79.9. The van der Waals surface area contributed by atoms with Gasteiger partial charge in [-0.25, -0.2) is 0 Å². The standard InChI is InChI=1S/C24H18BrN3O4S2/c1-31-19-12-15(11-18(25)21(19)32-14-17-9-5-6-10-26-17)13-20-23(30)28(24(33)34-20)27-22(29)16-7-3-2-4-8-16/h2-13H,14H2,1H3,(H,27,29)/b20-13+. The largest absolute Gasteiger partial charge is 0.493 e. The lowest BCUT2D eigenvalue weighted by atomic mass is 10.2. The molecule has 0 bridgehead atoms. The van der Waals surface area contributed by atoms with Crippen LogP contribution in [0.1, 0.15) is 21.6 Å². The first-order chi connectivity index (χ1) is 16.5. The van der Waals surface area contributed by atoms with E-state index in [1.165, 1.54) is 7.11 Å². The van der Waals surface area contributed by atoms with Crippen molar-refractivity contribution < 1.29 is 19.1 Å². The molecule has 3 aromatic rings. The van der Waals surface area contributed by atoms with Crippen LogP contribution in [0.5, 0.6) is 11.5 Å². The van der Waals surface area contributed by atoms with Gasteiger partial charge < -0.3 is 9.47 Å². The number of ether oxygens (including phenoxy) is 2. The number of rotatable bonds is 7. The Kier molecular flexibility index (Phi) is 7.61. The van der Waals surface area contributed by atoms with Crippen LogP contribution in [0.3, 0.4) is 0 Å². The number of nitrogens with zero attached hydrogens (tertiary/aromatic N) is 2. The lowest BCUT2D eigenvalue weighted by Crippen LogP contribution is -2.44. The second-order valence-electron chi connectivity index (χ2n) is 6.97. The number of thiocarbonyl (C=S) groups is 1. The van der Waals surface area contributed by atoms with Gasteiger partial charge in [-0.2, -0.15) is 5.01 Å².